The van der Waals surface area contributed by atoms with E-state index in [0.717, 1.165) is 23.6 Å². The lowest BCUT2D eigenvalue weighted by atomic mass is 10.0. The van der Waals surface area contributed by atoms with E-state index in [1.54, 1.807) is 14.2 Å². The first-order valence-corrected chi connectivity index (χ1v) is 8.69. The van der Waals surface area contributed by atoms with Gasteiger partial charge in [-0.3, -0.25) is 0 Å². The maximum Gasteiger partial charge on any atom is 0.145 e. The number of benzene rings is 1. The van der Waals surface area contributed by atoms with Crippen LogP contribution in [0.1, 0.15) is 24.9 Å². The minimum absolute atomic E-state index is 0.338. The van der Waals surface area contributed by atoms with Crippen LogP contribution in [0.15, 0.2) is 33.9 Å². The van der Waals surface area contributed by atoms with E-state index in [-0.39, 0.29) is 0 Å². The van der Waals surface area contributed by atoms with Crippen molar-refractivity contribution in [3.05, 3.63) is 35.2 Å². The summed E-state index contributed by atoms with van der Waals surface area (Å²) in [6.07, 6.45) is 1.11. The van der Waals surface area contributed by atoms with Crippen molar-refractivity contribution < 1.29 is 9.47 Å². The van der Waals surface area contributed by atoms with Gasteiger partial charge < -0.3 is 14.8 Å². The number of hydrogen-bond donors (Lipinski definition) is 1. The Bertz CT molecular complexity index is 626. The molecule has 0 saturated carbocycles. The van der Waals surface area contributed by atoms with Gasteiger partial charge in [0.2, 0.25) is 0 Å². The summed E-state index contributed by atoms with van der Waals surface area (Å²) < 4.78 is 12.2. The predicted octanol–water partition coefficient (Wildman–Crippen LogP) is 4.80. The Kier molecular flexibility index (Phi) is 4.31. The van der Waals surface area contributed by atoms with E-state index in [1.807, 2.05) is 41.3 Å². The zero-order valence-corrected chi connectivity index (χ0v) is 14.0. The molecule has 1 unspecified atom stereocenters. The largest absolute Gasteiger partial charge is 0.497 e. The van der Waals surface area contributed by atoms with Crippen LogP contribution in [0.25, 0.3) is 0 Å². The Morgan fingerprint density at radius 1 is 1.19 bits per heavy atom. The molecule has 1 aromatic heterocycles. The van der Waals surface area contributed by atoms with Crippen LogP contribution in [0, 0.1) is 0 Å². The van der Waals surface area contributed by atoms with Gasteiger partial charge in [-0.15, -0.1) is 23.1 Å². The van der Waals surface area contributed by atoms with Gasteiger partial charge in [0.1, 0.15) is 11.5 Å². The average Bonchev–Trinajstić information content (AvgIpc) is 2.96. The quantitative estimate of drug-likeness (QED) is 0.876. The number of nitrogens with one attached hydrogen (secondary N) is 1. The Morgan fingerprint density at radius 2 is 2.05 bits per heavy atom. The van der Waals surface area contributed by atoms with E-state index in [1.165, 1.54) is 9.77 Å². The van der Waals surface area contributed by atoms with Crippen LogP contribution >= 0.6 is 23.1 Å². The molecular weight excluding hydrogens is 302 g/mol. The van der Waals surface area contributed by atoms with Crippen molar-refractivity contribution in [3.63, 3.8) is 0 Å². The van der Waals surface area contributed by atoms with E-state index < -0.39 is 0 Å². The number of thiophene rings is 1. The molecule has 1 N–H and O–H groups in total. The maximum atomic E-state index is 5.48. The molecule has 5 heteroatoms. The zero-order valence-electron chi connectivity index (χ0n) is 12.4. The van der Waals surface area contributed by atoms with Crippen molar-refractivity contribution in [2.24, 2.45) is 0 Å². The molecule has 112 valence electrons. The molecule has 2 heterocycles. The molecule has 1 aliphatic rings. The Morgan fingerprint density at radius 3 is 2.81 bits per heavy atom. The lowest BCUT2D eigenvalue weighted by Gasteiger charge is -2.29. The van der Waals surface area contributed by atoms with Crippen molar-refractivity contribution in [1.29, 1.82) is 0 Å². The minimum Gasteiger partial charge on any atom is -0.497 e. The molecule has 0 saturated heterocycles. The molecular formula is C16H19NO2S2. The summed E-state index contributed by atoms with van der Waals surface area (Å²) in [5.41, 5.74) is 2.42. The highest BCUT2D eigenvalue weighted by atomic mass is 32.2. The van der Waals surface area contributed by atoms with Crippen molar-refractivity contribution in [2.75, 3.05) is 19.5 Å². The first-order valence-electron chi connectivity index (χ1n) is 6.94. The summed E-state index contributed by atoms with van der Waals surface area (Å²) in [6, 6.07) is 8.46. The summed E-state index contributed by atoms with van der Waals surface area (Å²) in [7, 11) is 3.36. The Labute approximate surface area is 133 Å². The molecule has 3 rings (SSSR count). The fraction of sp³-hybridized carbons (Fsp3) is 0.375. The molecule has 0 amide bonds. The van der Waals surface area contributed by atoms with Gasteiger partial charge in [0.05, 0.1) is 30.2 Å². The van der Waals surface area contributed by atoms with Crippen molar-refractivity contribution in [3.8, 4) is 11.5 Å². The van der Waals surface area contributed by atoms with Crippen molar-refractivity contribution in [1.82, 2.24) is 0 Å². The monoisotopic (exact) mass is 321 g/mol. The third kappa shape index (κ3) is 2.99. The summed E-state index contributed by atoms with van der Waals surface area (Å²) in [4.78, 5) is 0. The topological polar surface area (TPSA) is 30.5 Å². The minimum atomic E-state index is 0.338. The Balaban J connectivity index is 1.87. The highest BCUT2D eigenvalue weighted by Gasteiger charge is 2.26. The number of anilines is 1. The summed E-state index contributed by atoms with van der Waals surface area (Å²) >= 11 is 3.81. The van der Waals surface area contributed by atoms with E-state index in [9.17, 15) is 0 Å². The fourth-order valence-electron chi connectivity index (χ4n) is 2.59. The van der Waals surface area contributed by atoms with E-state index >= 15 is 0 Å². The van der Waals surface area contributed by atoms with Gasteiger partial charge in [-0.25, -0.2) is 0 Å². The normalized spacial score (nSPS) is 20.7. The molecule has 1 aromatic carbocycles. The third-order valence-electron chi connectivity index (χ3n) is 3.65. The van der Waals surface area contributed by atoms with Crippen LogP contribution in [0.2, 0.25) is 0 Å². The van der Waals surface area contributed by atoms with Gasteiger partial charge in [-0.2, -0.15) is 0 Å². The molecule has 0 radical (unpaired) electrons. The van der Waals surface area contributed by atoms with Gasteiger partial charge in [0, 0.05) is 11.3 Å². The fourth-order valence-corrected chi connectivity index (χ4v) is 5.16. The predicted molar refractivity (Wildman–Crippen MR) is 90.2 cm³/mol. The van der Waals surface area contributed by atoms with Crippen LogP contribution in [0.5, 0.6) is 11.5 Å². The first-order chi connectivity index (χ1) is 10.2. The molecule has 0 fully saturated rings. The maximum absolute atomic E-state index is 5.48. The molecule has 2 atom stereocenters. The van der Waals surface area contributed by atoms with E-state index in [0.29, 0.717) is 11.3 Å². The van der Waals surface area contributed by atoms with Crippen LogP contribution in [0.4, 0.5) is 5.69 Å². The molecule has 0 spiro atoms. The number of ether oxygens (including phenoxy) is 2. The smallest absolute Gasteiger partial charge is 0.145 e. The molecule has 2 aromatic rings. The van der Waals surface area contributed by atoms with Gasteiger partial charge in [-0.1, -0.05) is 6.92 Å². The van der Waals surface area contributed by atoms with Gasteiger partial charge in [-0.05, 0) is 35.6 Å². The molecule has 1 aliphatic heterocycles. The van der Waals surface area contributed by atoms with Gasteiger partial charge >= 0.3 is 0 Å². The van der Waals surface area contributed by atoms with Crippen LogP contribution < -0.4 is 14.8 Å². The Hall–Kier alpha value is -1.33. The standard InChI is InChI=1S/C16H19NO2S2/c1-10-8-14(12-6-7-20-16(12)21-10)17-13-5-4-11(18-2)9-15(13)19-3/h4-7,9-10,14,17H,8H2,1-3H3/t10-,14?/m0/s1. The molecule has 0 bridgehead atoms. The number of hydrogen-bond acceptors (Lipinski definition) is 5. The van der Waals surface area contributed by atoms with Gasteiger partial charge in [0.25, 0.3) is 0 Å². The first kappa shape index (κ1) is 14.6. The van der Waals surface area contributed by atoms with Crippen molar-refractivity contribution >= 4 is 28.8 Å². The summed E-state index contributed by atoms with van der Waals surface area (Å²) in [5, 5.41) is 6.44. The lowest BCUT2D eigenvalue weighted by molar-refractivity contribution is 0.395. The van der Waals surface area contributed by atoms with Gasteiger partial charge in [0.15, 0.2) is 0 Å². The third-order valence-corrected chi connectivity index (χ3v) is 5.99. The van der Waals surface area contributed by atoms with E-state index in [4.69, 9.17) is 9.47 Å². The average molecular weight is 321 g/mol. The SMILES string of the molecule is COc1ccc(NC2C[C@H](C)Sc3sccc32)c(OC)c1. The number of fused-ring (bicyclic) bond motifs is 1. The highest BCUT2D eigenvalue weighted by molar-refractivity contribution is 8.01. The second-order valence-electron chi connectivity index (χ2n) is 5.09. The van der Waals surface area contributed by atoms with Crippen LogP contribution in [-0.2, 0) is 0 Å². The summed E-state index contributed by atoms with van der Waals surface area (Å²) in [5.74, 6) is 1.62. The van der Waals surface area contributed by atoms with Crippen LogP contribution in [0.3, 0.4) is 0 Å². The molecule has 0 aliphatic carbocycles. The van der Waals surface area contributed by atoms with Crippen molar-refractivity contribution in [2.45, 2.75) is 28.8 Å². The molecule has 3 nitrogen and oxygen atoms in total. The second kappa shape index (κ2) is 6.20. The highest BCUT2D eigenvalue weighted by Crippen LogP contribution is 2.45. The molecule has 21 heavy (non-hydrogen) atoms. The number of methoxy groups -OCH3 is 2. The lowest BCUT2D eigenvalue weighted by Crippen LogP contribution is -2.19. The number of thioether (sulfide) groups is 1. The number of rotatable bonds is 4. The van der Waals surface area contributed by atoms with Crippen LogP contribution in [-0.4, -0.2) is 19.5 Å². The second-order valence-corrected chi connectivity index (χ2v) is 7.71. The summed E-state index contributed by atoms with van der Waals surface area (Å²) in [6.45, 7) is 2.28. The zero-order chi connectivity index (χ0) is 14.8. The van der Waals surface area contributed by atoms with E-state index in [2.05, 4.69) is 23.7 Å².